The Kier molecular flexibility index (Phi) is 1.54. The van der Waals surface area contributed by atoms with Crippen molar-refractivity contribution in [2.45, 2.75) is 0 Å². The van der Waals surface area contributed by atoms with Crippen LogP contribution in [0.2, 0.25) is 0 Å². The number of fused-ring (bicyclic) bond motifs is 1. The van der Waals surface area contributed by atoms with Crippen molar-refractivity contribution in [2.75, 3.05) is 0 Å². The summed E-state index contributed by atoms with van der Waals surface area (Å²) in [5, 5.41) is 0. The average molecular weight is 156 g/mol. The molecule has 12 heavy (non-hydrogen) atoms. The lowest BCUT2D eigenvalue weighted by molar-refractivity contribution is 1.34. The Balaban J connectivity index is 2.67. The summed E-state index contributed by atoms with van der Waals surface area (Å²) in [7, 11) is 0. The van der Waals surface area contributed by atoms with Gasteiger partial charge in [0.2, 0.25) is 0 Å². The predicted molar refractivity (Wildman–Crippen MR) is 49.7 cm³/mol. The van der Waals surface area contributed by atoms with Gasteiger partial charge in [-0.2, -0.15) is 0 Å². The molecule has 0 aliphatic carbocycles. The molecular formula is C10H8N2. The van der Waals surface area contributed by atoms with Crippen LogP contribution in [-0.2, 0) is 0 Å². The second-order valence-corrected chi connectivity index (χ2v) is 2.53. The second kappa shape index (κ2) is 2.68. The van der Waals surface area contributed by atoms with E-state index in [-0.39, 0.29) is 0 Å². The molecule has 0 saturated heterocycles. The minimum atomic E-state index is 0.983. The quantitative estimate of drug-likeness (QED) is 0.631. The molecule has 1 aromatic heterocycles. The zero-order valence-electron chi connectivity index (χ0n) is 6.54. The van der Waals surface area contributed by atoms with Crippen molar-refractivity contribution in [3.05, 3.63) is 42.4 Å². The monoisotopic (exact) mass is 156 g/mol. The van der Waals surface area contributed by atoms with E-state index in [1.54, 1.807) is 6.33 Å². The number of hydrogen-bond donors (Lipinski definition) is 1. The normalized spacial score (nSPS) is 9.67. The van der Waals surface area contributed by atoms with E-state index in [9.17, 15) is 0 Å². The van der Waals surface area contributed by atoms with Crippen LogP contribution in [0.3, 0.4) is 0 Å². The molecule has 1 heterocycles. The summed E-state index contributed by atoms with van der Waals surface area (Å²) in [5.74, 6) is 0. The molecule has 0 aliphatic heterocycles. The fourth-order valence-electron chi connectivity index (χ4n) is 1.16. The van der Waals surface area contributed by atoms with Crippen molar-refractivity contribution in [3.63, 3.8) is 0 Å². The number of nitrogens with one attached hydrogen (secondary N) is 1. The minimum absolute atomic E-state index is 0.983. The van der Waals surface area contributed by atoms with Crippen LogP contribution in [0.5, 0.6) is 0 Å². The molecule has 0 fully saturated rings. The lowest BCUT2D eigenvalue weighted by Crippen LogP contribution is -1.72. The van der Waals surface area contributed by atoms with E-state index < -0.39 is 0 Å². The number of hydrogen-bond acceptors (Lipinski definition) is 1. The summed E-state index contributed by atoms with van der Waals surface area (Å²) in [6, 6.07) is 5.97. The van der Waals surface area contributed by atoms with Crippen LogP contribution in [0.25, 0.3) is 17.1 Å². The highest BCUT2D eigenvalue weighted by Gasteiger charge is 1.94. The van der Waals surface area contributed by atoms with Crippen LogP contribution >= 0.6 is 0 Å². The van der Waals surface area contributed by atoms with Gasteiger partial charge in [0, 0.05) is 0 Å². The van der Waals surface area contributed by atoms with Gasteiger partial charge in [0.05, 0.1) is 17.4 Å². The Morgan fingerprint density at radius 1 is 1.50 bits per heavy atom. The van der Waals surface area contributed by atoms with Gasteiger partial charge in [-0.05, 0) is 23.8 Å². The molecule has 2 nitrogen and oxygen atoms in total. The summed E-state index contributed by atoms with van der Waals surface area (Å²) in [4.78, 5) is 7.15. The van der Waals surface area contributed by atoms with Gasteiger partial charge in [-0.3, -0.25) is 0 Å². The van der Waals surface area contributed by atoms with E-state index in [2.05, 4.69) is 22.3 Å². The molecule has 0 amide bonds. The highest BCUT2D eigenvalue weighted by Crippen LogP contribution is 2.11. The van der Waals surface area contributed by atoms with Gasteiger partial charge in [0.15, 0.2) is 0 Å². The fraction of sp³-hybridized carbons (Fsp3) is 0. The number of aromatic amines is 1. The maximum atomic E-state index is 4.11. The van der Waals surface area contributed by atoms with Crippen LogP contribution < -0.4 is 0 Å². The van der Waals surface area contributed by atoms with Crippen molar-refractivity contribution in [1.82, 2.24) is 9.97 Å². The van der Waals surface area contributed by atoms with E-state index in [1.807, 2.05) is 24.3 Å². The number of nitrogens with zero attached hydrogens (tertiary/aromatic N) is 1. The fourth-order valence-corrected chi connectivity index (χ4v) is 1.16. The lowest BCUT2D eigenvalue weighted by Gasteiger charge is -1.90. The van der Waals surface area contributed by atoms with Crippen molar-refractivity contribution in [1.29, 1.82) is 0 Å². The summed E-state index contributed by atoms with van der Waals surface area (Å²) in [6.45, 7) is 3.52. The zero-order chi connectivity index (χ0) is 8.39. The average Bonchev–Trinajstić information content (AvgIpc) is 2.51. The number of H-pyrrole nitrogens is 1. The van der Waals surface area contributed by atoms with Crippen molar-refractivity contribution in [2.24, 2.45) is 0 Å². The highest BCUT2D eigenvalue weighted by atomic mass is 14.9. The Bertz CT molecular complexity index is 448. The molecule has 0 spiro atoms. The highest BCUT2D eigenvalue weighted by molar-refractivity contribution is 5.77. The maximum absolute atomic E-state index is 4.11. The van der Waals surface area contributed by atoms with Gasteiger partial charge in [0.25, 0.3) is 0 Å². The van der Waals surface area contributed by atoms with Crippen LogP contribution in [0, 0.1) is 0 Å². The van der Waals surface area contributed by atoms with Gasteiger partial charge in [-0.15, -0.1) is 5.73 Å². The SMILES string of the molecule is C=C=Cc1ccc2nc[nH]c2c1. The smallest absolute Gasteiger partial charge is 0.0931 e. The van der Waals surface area contributed by atoms with Crippen LogP contribution in [-0.4, -0.2) is 9.97 Å². The van der Waals surface area contributed by atoms with Crippen LogP contribution in [0.4, 0.5) is 0 Å². The third kappa shape index (κ3) is 1.04. The second-order valence-electron chi connectivity index (χ2n) is 2.53. The standard InChI is InChI=1S/C10H8N2/c1-2-3-8-4-5-9-10(6-8)12-7-11-9/h3-7H,1H2,(H,11,12). The van der Waals surface area contributed by atoms with Crippen LogP contribution in [0.1, 0.15) is 5.56 Å². The largest absolute Gasteiger partial charge is 0.345 e. The van der Waals surface area contributed by atoms with Gasteiger partial charge < -0.3 is 4.98 Å². The first-order valence-electron chi connectivity index (χ1n) is 3.69. The molecule has 1 N–H and O–H groups in total. The Hall–Kier alpha value is -1.79. The Labute approximate surface area is 70.3 Å². The van der Waals surface area contributed by atoms with Gasteiger partial charge in [0.1, 0.15) is 0 Å². The summed E-state index contributed by atoms with van der Waals surface area (Å²) in [5.41, 5.74) is 5.84. The lowest BCUT2D eigenvalue weighted by atomic mass is 10.2. The third-order valence-electron chi connectivity index (χ3n) is 1.71. The van der Waals surface area contributed by atoms with Crippen molar-refractivity contribution >= 4 is 17.1 Å². The predicted octanol–water partition coefficient (Wildman–Crippen LogP) is 2.36. The first-order chi connectivity index (χ1) is 5.90. The molecular weight excluding hydrogens is 148 g/mol. The topological polar surface area (TPSA) is 28.7 Å². The molecule has 0 atom stereocenters. The number of aromatic nitrogens is 2. The molecule has 2 aromatic rings. The van der Waals surface area contributed by atoms with Gasteiger partial charge in [-0.25, -0.2) is 4.98 Å². The summed E-state index contributed by atoms with van der Waals surface area (Å²) >= 11 is 0. The Morgan fingerprint density at radius 3 is 3.25 bits per heavy atom. The van der Waals surface area contributed by atoms with E-state index in [4.69, 9.17) is 0 Å². The minimum Gasteiger partial charge on any atom is -0.345 e. The van der Waals surface area contributed by atoms with Crippen molar-refractivity contribution < 1.29 is 0 Å². The third-order valence-corrected chi connectivity index (χ3v) is 1.71. The van der Waals surface area contributed by atoms with Crippen LogP contribution in [0.15, 0.2) is 36.8 Å². The van der Waals surface area contributed by atoms with E-state index in [1.165, 1.54) is 0 Å². The number of benzene rings is 1. The van der Waals surface area contributed by atoms with Crippen molar-refractivity contribution in [3.8, 4) is 0 Å². The molecule has 1 aromatic carbocycles. The molecule has 0 aliphatic rings. The van der Waals surface area contributed by atoms with Gasteiger partial charge in [-0.1, -0.05) is 12.6 Å². The van der Waals surface area contributed by atoms with E-state index >= 15 is 0 Å². The zero-order valence-corrected chi connectivity index (χ0v) is 6.54. The molecule has 2 rings (SSSR count). The van der Waals surface area contributed by atoms with Gasteiger partial charge >= 0.3 is 0 Å². The molecule has 0 radical (unpaired) electrons. The Morgan fingerprint density at radius 2 is 2.42 bits per heavy atom. The first-order valence-corrected chi connectivity index (χ1v) is 3.69. The maximum Gasteiger partial charge on any atom is 0.0931 e. The number of rotatable bonds is 1. The molecule has 2 heteroatoms. The first kappa shape index (κ1) is 6.89. The summed E-state index contributed by atoms with van der Waals surface area (Å²) in [6.07, 6.45) is 3.52. The van der Waals surface area contributed by atoms with E-state index in [0.29, 0.717) is 0 Å². The molecule has 0 bridgehead atoms. The molecule has 58 valence electrons. The molecule has 0 unspecified atom stereocenters. The number of imidazole rings is 1. The van der Waals surface area contributed by atoms with E-state index in [0.717, 1.165) is 16.6 Å². The summed E-state index contributed by atoms with van der Waals surface area (Å²) < 4.78 is 0. The molecule has 0 saturated carbocycles.